The van der Waals surface area contributed by atoms with Crippen LogP contribution in [0.25, 0.3) is 0 Å². The van der Waals surface area contributed by atoms with Gasteiger partial charge in [0.05, 0.1) is 11.1 Å². The average molecular weight is 307 g/mol. The van der Waals surface area contributed by atoms with Crippen LogP contribution in [0.4, 0.5) is 20.2 Å². The fourth-order valence-corrected chi connectivity index (χ4v) is 1.69. The van der Waals surface area contributed by atoms with Crippen molar-refractivity contribution in [3.63, 3.8) is 0 Å². The SMILES string of the molecule is O=[N+]([O-])c1ccccc1N/N=C/c1ccccc1OC(F)F. The Morgan fingerprint density at radius 2 is 1.86 bits per heavy atom. The van der Waals surface area contributed by atoms with E-state index in [0.29, 0.717) is 5.56 Å². The second-order valence-corrected chi connectivity index (χ2v) is 4.06. The molecule has 2 aromatic carbocycles. The molecular weight excluding hydrogens is 296 g/mol. The van der Waals surface area contributed by atoms with Crippen LogP contribution in [0.1, 0.15) is 5.56 Å². The second-order valence-electron chi connectivity index (χ2n) is 4.06. The minimum atomic E-state index is -2.95. The van der Waals surface area contributed by atoms with Gasteiger partial charge in [-0.25, -0.2) is 0 Å². The number of hydrazone groups is 1. The van der Waals surface area contributed by atoms with Crippen molar-refractivity contribution in [1.82, 2.24) is 0 Å². The first-order chi connectivity index (χ1) is 10.6. The summed E-state index contributed by atoms with van der Waals surface area (Å²) in [7, 11) is 0. The van der Waals surface area contributed by atoms with Gasteiger partial charge in [0, 0.05) is 11.6 Å². The molecule has 0 atom stereocenters. The van der Waals surface area contributed by atoms with Crippen LogP contribution in [-0.2, 0) is 0 Å². The first-order valence-corrected chi connectivity index (χ1v) is 6.14. The highest BCUT2D eigenvalue weighted by Crippen LogP contribution is 2.23. The Hall–Kier alpha value is -3.03. The molecule has 0 aliphatic heterocycles. The minimum absolute atomic E-state index is 0.0365. The van der Waals surface area contributed by atoms with E-state index in [9.17, 15) is 18.9 Å². The standard InChI is InChI=1S/C14H11F2N3O3/c15-14(16)22-13-8-4-1-5-10(13)9-17-18-11-6-2-3-7-12(11)19(20)21/h1-9,14,18H/b17-9+. The van der Waals surface area contributed by atoms with Crippen LogP contribution in [0, 0.1) is 10.1 Å². The van der Waals surface area contributed by atoms with Crippen LogP contribution >= 0.6 is 0 Å². The van der Waals surface area contributed by atoms with Gasteiger partial charge < -0.3 is 4.74 Å². The molecule has 6 nitrogen and oxygen atoms in total. The predicted octanol–water partition coefficient (Wildman–Crippen LogP) is 3.64. The first-order valence-electron chi connectivity index (χ1n) is 6.14. The Balaban J connectivity index is 2.15. The third-order valence-electron chi connectivity index (χ3n) is 2.62. The lowest BCUT2D eigenvalue weighted by atomic mass is 10.2. The number of anilines is 1. The van der Waals surface area contributed by atoms with Gasteiger partial charge in [0.1, 0.15) is 11.4 Å². The number of hydrogen-bond acceptors (Lipinski definition) is 5. The molecule has 0 saturated heterocycles. The number of hydrogen-bond donors (Lipinski definition) is 1. The molecular formula is C14H11F2N3O3. The lowest BCUT2D eigenvalue weighted by molar-refractivity contribution is -0.384. The fourth-order valence-electron chi connectivity index (χ4n) is 1.69. The lowest BCUT2D eigenvalue weighted by Crippen LogP contribution is -2.04. The Kier molecular flexibility index (Phi) is 4.97. The molecule has 2 rings (SSSR count). The van der Waals surface area contributed by atoms with Crippen molar-refractivity contribution in [2.45, 2.75) is 6.61 Å². The number of para-hydroxylation sites is 3. The van der Waals surface area contributed by atoms with Gasteiger partial charge in [-0.1, -0.05) is 24.3 Å². The van der Waals surface area contributed by atoms with E-state index in [-0.39, 0.29) is 17.1 Å². The van der Waals surface area contributed by atoms with E-state index in [1.165, 1.54) is 36.5 Å². The maximum absolute atomic E-state index is 12.3. The number of nitrogens with zero attached hydrogens (tertiary/aromatic N) is 2. The van der Waals surface area contributed by atoms with Crippen LogP contribution < -0.4 is 10.2 Å². The number of nitrogens with one attached hydrogen (secondary N) is 1. The van der Waals surface area contributed by atoms with Crippen LogP contribution in [0.2, 0.25) is 0 Å². The monoisotopic (exact) mass is 307 g/mol. The molecule has 0 heterocycles. The van der Waals surface area contributed by atoms with Gasteiger partial charge in [0.25, 0.3) is 5.69 Å². The molecule has 0 aromatic heterocycles. The van der Waals surface area contributed by atoms with Gasteiger partial charge in [0.15, 0.2) is 0 Å². The van der Waals surface area contributed by atoms with Gasteiger partial charge in [-0.2, -0.15) is 13.9 Å². The van der Waals surface area contributed by atoms with E-state index in [0.717, 1.165) is 0 Å². The highest BCUT2D eigenvalue weighted by atomic mass is 19.3. The third-order valence-corrected chi connectivity index (χ3v) is 2.62. The molecule has 2 aromatic rings. The predicted molar refractivity (Wildman–Crippen MR) is 77.4 cm³/mol. The largest absolute Gasteiger partial charge is 0.434 e. The van der Waals surface area contributed by atoms with Crippen molar-refractivity contribution in [3.05, 3.63) is 64.2 Å². The van der Waals surface area contributed by atoms with Gasteiger partial charge in [-0.05, 0) is 18.2 Å². The van der Waals surface area contributed by atoms with Crippen molar-refractivity contribution in [2.24, 2.45) is 5.10 Å². The summed E-state index contributed by atoms with van der Waals surface area (Å²) in [5, 5.41) is 14.7. The summed E-state index contributed by atoms with van der Waals surface area (Å²) in [6, 6.07) is 12.0. The molecule has 0 bridgehead atoms. The van der Waals surface area contributed by atoms with E-state index in [1.807, 2.05) is 0 Å². The summed E-state index contributed by atoms with van der Waals surface area (Å²) in [6.45, 7) is -2.95. The van der Waals surface area contributed by atoms with Gasteiger partial charge in [-0.3, -0.25) is 15.5 Å². The summed E-state index contributed by atoms with van der Waals surface area (Å²) in [5.74, 6) is -0.0365. The summed E-state index contributed by atoms with van der Waals surface area (Å²) in [4.78, 5) is 10.3. The number of halogens is 2. The third kappa shape index (κ3) is 3.98. The zero-order chi connectivity index (χ0) is 15.9. The van der Waals surface area contributed by atoms with Gasteiger partial charge in [-0.15, -0.1) is 0 Å². The Labute approximate surface area is 124 Å². The van der Waals surface area contributed by atoms with Crippen LogP contribution in [-0.4, -0.2) is 17.7 Å². The summed E-state index contributed by atoms with van der Waals surface area (Å²) < 4.78 is 28.9. The first kappa shape index (κ1) is 15.4. The molecule has 0 saturated carbocycles. The van der Waals surface area contributed by atoms with Crippen molar-refractivity contribution < 1.29 is 18.4 Å². The topological polar surface area (TPSA) is 76.8 Å². The number of ether oxygens (including phenoxy) is 1. The van der Waals surface area contributed by atoms with Crippen molar-refractivity contribution in [1.29, 1.82) is 0 Å². The number of nitro benzene ring substituents is 1. The second kappa shape index (κ2) is 7.11. The van der Waals surface area contributed by atoms with E-state index >= 15 is 0 Å². The van der Waals surface area contributed by atoms with Crippen molar-refractivity contribution in [2.75, 3.05) is 5.43 Å². The van der Waals surface area contributed by atoms with E-state index in [2.05, 4.69) is 15.3 Å². The molecule has 114 valence electrons. The molecule has 8 heteroatoms. The molecule has 0 unspecified atom stereocenters. The summed E-state index contributed by atoms with van der Waals surface area (Å²) >= 11 is 0. The highest BCUT2D eigenvalue weighted by Gasteiger charge is 2.11. The molecule has 1 N–H and O–H groups in total. The molecule has 0 spiro atoms. The molecule has 0 radical (unpaired) electrons. The van der Waals surface area contributed by atoms with E-state index in [1.54, 1.807) is 18.2 Å². The number of benzene rings is 2. The molecule has 22 heavy (non-hydrogen) atoms. The number of alkyl halides is 2. The van der Waals surface area contributed by atoms with Gasteiger partial charge >= 0.3 is 6.61 Å². The van der Waals surface area contributed by atoms with Crippen LogP contribution in [0.5, 0.6) is 5.75 Å². The normalized spacial score (nSPS) is 10.9. The Morgan fingerprint density at radius 1 is 1.18 bits per heavy atom. The Bertz CT molecular complexity index is 693. The summed E-state index contributed by atoms with van der Waals surface area (Å²) in [5.41, 5.74) is 2.87. The molecule has 0 aliphatic rings. The number of nitro groups is 1. The van der Waals surface area contributed by atoms with Crippen molar-refractivity contribution >= 4 is 17.6 Å². The highest BCUT2D eigenvalue weighted by molar-refractivity contribution is 5.84. The zero-order valence-electron chi connectivity index (χ0n) is 11.1. The molecule has 0 fully saturated rings. The average Bonchev–Trinajstić information content (AvgIpc) is 2.49. The van der Waals surface area contributed by atoms with Crippen LogP contribution in [0.3, 0.4) is 0 Å². The van der Waals surface area contributed by atoms with E-state index in [4.69, 9.17) is 0 Å². The lowest BCUT2D eigenvalue weighted by Gasteiger charge is -2.07. The quantitative estimate of drug-likeness (QED) is 0.502. The maximum atomic E-state index is 12.3. The molecule has 0 aliphatic carbocycles. The van der Waals surface area contributed by atoms with Gasteiger partial charge in [0.2, 0.25) is 0 Å². The number of rotatable bonds is 6. The van der Waals surface area contributed by atoms with Crippen LogP contribution in [0.15, 0.2) is 53.6 Å². The summed E-state index contributed by atoms with van der Waals surface area (Å²) in [6.07, 6.45) is 1.24. The van der Waals surface area contributed by atoms with E-state index < -0.39 is 11.5 Å². The zero-order valence-corrected chi connectivity index (χ0v) is 11.1. The van der Waals surface area contributed by atoms with Crippen molar-refractivity contribution in [3.8, 4) is 5.75 Å². The minimum Gasteiger partial charge on any atom is -0.434 e. The smallest absolute Gasteiger partial charge is 0.387 e. The molecule has 0 amide bonds. The maximum Gasteiger partial charge on any atom is 0.387 e. The fraction of sp³-hybridized carbons (Fsp3) is 0.0714. The Morgan fingerprint density at radius 3 is 2.59 bits per heavy atom.